The SMILES string of the molecule is CCC1(CC)CN=C(Nc2ccc(OC)cc2)SC1. The largest absolute Gasteiger partial charge is 0.497 e. The molecule has 0 saturated heterocycles. The van der Waals surface area contributed by atoms with E-state index in [0.717, 1.165) is 28.9 Å². The summed E-state index contributed by atoms with van der Waals surface area (Å²) in [7, 11) is 1.68. The van der Waals surface area contributed by atoms with Crippen molar-refractivity contribution in [3.8, 4) is 5.75 Å². The maximum atomic E-state index is 5.15. The number of ether oxygens (including phenoxy) is 1. The molecule has 1 N–H and O–H groups in total. The Morgan fingerprint density at radius 3 is 2.42 bits per heavy atom. The Morgan fingerprint density at radius 2 is 1.95 bits per heavy atom. The third-order valence-electron chi connectivity index (χ3n) is 3.91. The van der Waals surface area contributed by atoms with Crippen molar-refractivity contribution < 1.29 is 4.74 Å². The second kappa shape index (κ2) is 6.33. The molecule has 1 heterocycles. The summed E-state index contributed by atoms with van der Waals surface area (Å²) in [5.74, 6) is 2.03. The summed E-state index contributed by atoms with van der Waals surface area (Å²) in [6, 6.07) is 7.95. The molecule has 3 nitrogen and oxygen atoms in total. The standard InChI is InChI=1S/C15H22N2OS/c1-4-15(5-2)10-16-14(19-11-15)17-12-6-8-13(18-3)9-7-12/h6-9H,4-5,10-11H2,1-3H3,(H,16,17). The first-order valence-corrected chi connectivity index (χ1v) is 7.78. The molecule has 1 aromatic rings. The zero-order chi connectivity index (χ0) is 13.7. The zero-order valence-corrected chi connectivity index (χ0v) is 12.7. The highest BCUT2D eigenvalue weighted by Gasteiger charge is 2.30. The van der Waals surface area contributed by atoms with Gasteiger partial charge in [0.15, 0.2) is 5.17 Å². The van der Waals surface area contributed by atoms with E-state index in [1.807, 2.05) is 36.0 Å². The normalized spacial score (nSPS) is 17.7. The molecule has 19 heavy (non-hydrogen) atoms. The van der Waals surface area contributed by atoms with E-state index in [4.69, 9.17) is 9.73 Å². The van der Waals surface area contributed by atoms with Crippen molar-refractivity contribution in [2.24, 2.45) is 10.4 Å². The minimum absolute atomic E-state index is 0.399. The molecular weight excluding hydrogens is 256 g/mol. The van der Waals surface area contributed by atoms with Gasteiger partial charge in [-0.1, -0.05) is 25.6 Å². The molecule has 2 rings (SSSR count). The van der Waals surface area contributed by atoms with Gasteiger partial charge < -0.3 is 10.1 Å². The zero-order valence-electron chi connectivity index (χ0n) is 11.9. The molecule has 1 aromatic carbocycles. The number of anilines is 1. The van der Waals surface area contributed by atoms with Gasteiger partial charge in [-0.2, -0.15) is 0 Å². The second-order valence-electron chi connectivity index (χ2n) is 4.97. The van der Waals surface area contributed by atoms with E-state index in [-0.39, 0.29) is 0 Å². The lowest BCUT2D eigenvalue weighted by molar-refractivity contribution is 0.318. The molecule has 0 saturated carbocycles. The number of hydrogen-bond donors (Lipinski definition) is 1. The summed E-state index contributed by atoms with van der Waals surface area (Å²) >= 11 is 1.83. The number of thioether (sulfide) groups is 1. The number of nitrogens with one attached hydrogen (secondary N) is 1. The Kier molecular flexibility index (Phi) is 4.75. The van der Waals surface area contributed by atoms with Gasteiger partial charge in [0.1, 0.15) is 5.75 Å². The lowest BCUT2D eigenvalue weighted by Crippen LogP contribution is -2.32. The van der Waals surface area contributed by atoms with E-state index in [1.165, 1.54) is 12.8 Å². The van der Waals surface area contributed by atoms with Crippen LogP contribution in [0.5, 0.6) is 5.75 Å². The fourth-order valence-corrected chi connectivity index (χ4v) is 3.39. The first kappa shape index (κ1) is 14.3. The fourth-order valence-electron chi connectivity index (χ4n) is 2.10. The molecular formula is C15H22N2OS. The summed E-state index contributed by atoms with van der Waals surface area (Å²) in [5.41, 5.74) is 1.46. The van der Waals surface area contributed by atoms with Crippen molar-refractivity contribution in [1.82, 2.24) is 0 Å². The van der Waals surface area contributed by atoms with Crippen LogP contribution in [0.3, 0.4) is 0 Å². The van der Waals surface area contributed by atoms with Crippen molar-refractivity contribution in [2.45, 2.75) is 26.7 Å². The van der Waals surface area contributed by atoms with Crippen LogP contribution in [0.4, 0.5) is 5.69 Å². The Bertz CT molecular complexity index is 438. The third kappa shape index (κ3) is 3.44. The van der Waals surface area contributed by atoms with Crippen LogP contribution in [0.25, 0.3) is 0 Å². The monoisotopic (exact) mass is 278 g/mol. The average molecular weight is 278 g/mol. The van der Waals surface area contributed by atoms with Gasteiger partial charge in [0.25, 0.3) is 0 Å². The lowest BCUT2D eigenvalue weighted by atomic mass is 9.84. The first-order chi connectivity index (χ1) is 9.21. The van der Waals surface area contributed by atoms with Gasteiger partial charge in [-0.05, 0) is 42.5 Å². The molecule has 4 heteroatoms. The van der Waals surface area contributed by atoms with E-state index >= 15 is 0 Å². The quantitative estimate of drug-likeness (QED) is 0.903. The number of aliphatic imine (C=N–C) groups is 1. The Morgan fingerprint density at radius 1 is 1.26 bits per heavy atom. The molecule has 1 aliphatic heterocycles. The van der Waals surface area contributed by atoms with Gasteiger partial charge in [0.05, 0.1) is 7.11 Å². The number of nitrogens with zero attached hydrogens (tertiary/aromatic N) is 1. The number of hydrogen-bond acceptors (Lipinski definition) is 4. The summed E-state index contributed by atoms with van der Waals surface area (Å²) < 4.78 is 5.15. The molecule has 0 aliphatic carbocycles. The van der Waals surface area contributed by atoms with E-state index in [2.05, 4.69) is 19.2 Å². The van der Waals surface area contributed by atoms with Crippen molar-refractivity contribution in [3.63, 3.8) is 0 Å². The van der Waals surface area contributed by atoms with Crippen LogP contribution in [0, 0.1) is 5.41 Å². The highest BCUT2D eigenvalue weighted by atomic mass is 32.2. The van der Waals surface area contributed by atoms with Gasteiger partial charge in [-0.3, -0.25) is 4.99 Å². The molecule has 0 aromatic heterocycles. The van der Waals surface area contributed by atoms with E-state index in [9.17, 15) is 0 Å². The molecule has 0 radical (unpaired) electrons. The van der Waals surface area contributed by atoms with Crippen LogP contribution in [0.2, 0.25) is 0 Å². The number of methoxy groups -OCH3 is 1. The van der Waals surface area contributed by atoms with Gasteiger partial charge >= 0.3 is 0 Å². The summed E-state index contributed by atoms with van der Waals surface area (Å²) in [5, 5.41) is 4.41. The van der Waals surface area contributed by atoms with Crippen LogP contribution in [-0.2, 0) is 0 Å². The summed E-state index contributed by atoms with van der Waals surface area (Å²) in [6.45, 7) is 5.47. The van der Waals surface area contributed by atoms with Gasteiger partial charge in [-0.15, -0.1) is 0 Å². The van der Waals surface area contributed by atoms with Crippen molar-refractivity contribution >= 4 is 22.6 Å². The van der Waals surface area contributed by atoms with E-state index in [0.29, 0.717) is 5.41 Å². The number of benzene rings is 1. The van der Waals surface area contributed by atoms with Crippen LogP contribution in [0.1, 0.15) is 26.7 Å². The molecule has 0 bridgehead atoms. The first-order valence-electron chi connectivity index (χ1n) is 6.79. The summed E-state index contributed by atoms with van der Waals surface area (Å²) in [6.07, 6.45) is 2.41. The van der Waals surface area contributed by atoms with Crippen LogP contribution < -0.4 is 10.1 Å². The topological polar surface area (TPSA) is 33.6 Å². The predicted octanol–water partition coefficient (Wildman–Crippen LogP) is 4.02. The van der Waals surface area contributed by atoms with Gasteiger partial charge in [0.2, 0.25) is 0 Å². The molecule has 1 aliphatic rings. The van der Waals surface area contributed by atoms with Gasteiger partial charge in [-0.25, -0.2) is 0 Å². The molecule has 0 atom stereocenters. The van der Waals surface area contributed by atoms with E-state index in [1.54, 1.807) is 7.11 Å². The van der Waals surface area contributed by atoms with Gasteiger partial charge in [0, 0.05) is 18.0 Å². The maximum Gasteiger partial charge on any atom is 0.161 e. The fraction of sp³-hybridized carbons (Fsp3) is 0.533. The Balaban J connectivity index is 1.98. The molecule has 104 valence electrons. The molecule has 0 unspecified atom stereocenters. The predicted molar refractivity (Wildman–Crippen MR) is 84.4 cm³/mol. The van der Waals surface area contributed by atoms with E-state index < -0.39 is 0 Å². The smallest absolute Gasteiger partial charge is 0.161 e. The highest BCUT2D eigenvalue weighted by Crippen LogP contribution is 2.35. The minimum Gasteiger partial charge on any atom is -0.497 e. The Hall–Kier alpha value is -1.16. The van der Waals surface area contributed by atoms with Crippen LogP contribution in [-0.4, -0.2) is 24.6 Å². The number of rotatable bonds is 4. The minimum atomic E-state index is 0.399. The van der Waals surface area contributed by atoms with Crippen molar-refractivity contribution in [3.05, 3.63) is 24.3 Å². The molecule has 0 amide bonds. The van der Waals surface area contributed by atoms with Crippen molar-refractivity contribution in [2.75, 3.05) is 24.7 Å². The highest BCUT2D eigenvalue weighted by molar-refractivity contribution is 8.14. The third-order valence-corrected chi connectivity index (χ3v) is 5.18. The maximum absolute atomic E-state index is 5.15. The van der Waals surface area contributed by atoms with Crippen molar-refractivity contribution in [1.29, 1.82) is 0 Å². The van der Waals surface area contributed by atoms with Crippen LogP contribution >= 0.6 is 11.8 Å². The Labute approximate surface area is 119 Å². The summed E-state index contributed by atoms with van der Waals surface area (Å²) in [4.78, 5) is 4.70. The van der Waals surface area contributed by atoms with Crippen LogP contribution in [0.15, 0.2) is 29.3 Å². The lowest BCUT2D eigenvalue weighted by Gasteiger charge is -2.33. The second-order valence-corrected chi connectivity index (χ2v) is 5.93. The molecule has 0 fully saturated rings. The molecule has 0 spiro atoms. The number of amidine groups is 1. The average Bonchev–Trinajstić information content (AvgIpc) is 2.49.